The van der Waals surface area contributed by atoms with Gasteiger partial charge in [-0.1, -0.05) is 37.3 Å². The summed E-state index contributed by atoms with van der Waals surface area (Å²) in [5.41, 5.74) is 2.84. The Morgan fingerprint density at radius 2 is 1.71 bits per heavy atom. The minimum atomic E-state index is -0.317. The molecule has 0 spiro atoms. The van der Waals surface area contributed by atoms with E-state index in [9.17, 15) is 9.59 Å². The molecule has 0 radical (unpaired) electrons. The Hall–Kier alpha value is -3.42. The second-order valence-corrected chi connectivity index (χ2v) is 6.28. The highest BCUT2D eigenvalue weighted by atomic mass is 16.5. The molecule has 8 heteroatoms. The minimum Gasteiger partial charge on any atom is -0.482 e. The number of aryl methyl sites for hydroxylation is 1. The second-order valence-electron chi connectivity index (χ2n) is 6.28. The van der Waals surface area contributed by atoms with Crippen LogP contribution in [-0.2, 0) is 22.6 Å². The van der Waals surface area contributed by atoms with Crippen LogP contribution in [0.3, 0.4) is 0 Å². The predicted octanol–water partition coefficient (Wildman–Crippen LogP) is 2.34. The van der Waals surface area contributed by atoms with Crippen molar-refractivity contribution >= 4 is 23.4 Å². The van der Waals surface area contributed by atoms with Gasteiger partial charge >= 0.3 is 0 Å². The fourth-order valence-electron chi connectivity index (χ4n) is 2.75. The van der Waals surface area contributed by atoms with E-state index in [4.69, 9.17) is 4.74 Å². The summed E-state index contributed by atoms with van der Waals surface area (Å²) in [6.07, 6.45) is 1.12. The van der Waals surface area contributed by atoms with E-state index in [1.165, 1.54) is 12.7 Å². The molecule has 0 aliphatic rings. The first-order valence-electron chi connectivity index (χ1n) is 9.13. The first-order valence-corrected chi connectivity index (χ1v) is 9.13. The maximum atomic E-state index is 12.2. The normalized spacial score (nSPS) is 10.6. The zero-order valence-corrected chi connectivity index (χ0v) is 15.9. The van der Waals surface area contributed by atoms with Crippen LogP contribution in [0.15, 0.2) is 42.5 Å². The van der Waals surface area contributed by atoms with Gasteiger partial charge < -0.3 is 10.1 Å². The SMILES string of the molecule is CCc1ccc(CNC(=O)CCC(=O)Nc2nnc3cccc(OC)n23)cc1. The third-order valence-corrected chi connectivity index (χ3v) is 4.35. The average molecular weight is 381 g/mol. The summed E-state index contributed by atoms with van der Waals surface area (Å²) < 4.78 is 6.86. The van der Waals surface area contributed by atoms with Crippen LogP contribution < -0.4 is 15.4 Å². The third-order valence-electron chi connectivity index (χ3n) is 4.35. The summed E-state index contributed by atoms with van der Waals surface area (Å²) in [5.74, 6) is 0.263. The lowest BCUT2D eigenvalue weighted by atomic mass is 10.1. The van der Waals surface area contributed by atoms with Gasteiger partial charge in [0.2, 0.25) is 23.6 Å². The third kappa shape index (κ3) is 4.64. The lowest BCUT2D eigenvalue weighted by molar-refractivity contribution is -0.124. The fraction of sp³-hybridized carbons (Fsp3) is 0.300. The number of benzene rings is 1. The van der Waals surface area contributed by atoms with Gasteiger partial charge in [-0.3, -0.25) is 14.9 Å². The molecular formula is C20H23N5O3. The van der Waals surface area contributed by atoms with E-state index in [1.54, 1.807) is 22.6 Å². The molecule has 0 aliphatic heterocycles. The van der Waals surface area contributed by atoms with Gasteiger partial charge in [0.25, 0.3) is 0 Å². The van der Waals surface area contributed by atoms with Gasteiger partial charge in [0.15, 0.2) is 5.65 Å². The van der Waals surface area contributed by atoms with Crippen LogP contribution in [0.4, 0.5) is 5.95 Å². The van der Waals surface area contributed by atoms with E-state index in [1.807, 2.05) is 24.3 Å². The smallest absolute Gasteiger partial charge is 0.238 e. The molecule has 3 rings (SSSR count). The number of methoxy groups -OCH3 is 1. The van der Waals surface area contributed by atoms with Crippen molar-refractivity contribution in [3.63, 3.8) is 0 Å². The zero-order chi connectivity index (χ0) is 19.9. The Kier molecular flexibility index (Phi) is 6.21. The number of carbonyl (C=O) groups is 2. The van der Waals surface area contributed by atoms with Crippen LogP contribution in [0.2, 0.25) is 0 Å². The number of nitrogens with zero attached hydrogens (tertiary/aromatic N) is 3. The summed E-state index contributed by atoms with van der Waals surface area (Å²) in [7, 11) is 1.53. The molecule has 0 aliphatic carbocycles. The molecule has 0 atom stereocenters. The molecule has 0 saturated carbocycles. The van der Waals surface area contributed by atoms with Crippen molar-refractivity contribution < 1.29 is 14.3 Å². The van der Waals surface area contributed by atoms with Gasteiger partial charge in [-0.15, -0.1) is 10.2 Å². The van der Waals surface area contributed by atoms with Crippen LogP contribution in [-0.4, -0.2) is 33.5 Å². The number of carbonyl (C=O) groups excluding carboxylic acids is 2. The quantitative estimate of drug-likeness (QED) is 0.624. The van der Waals surface area contributed by atoms with E-state index in [0.717, 1.165) is 12.0 Å². The van der Waals surface area contributed by atoms with Gasteiger partial charge in [-0.25, -0.2) is 4.40 Å². The first kappa shape index (κ1) is 19.3. The maximum Gasteiger partial charge on any atom is 0.238 e. The summed E-state index contributed by atoms with van der Waals surface area (Å²) in [5, 5.41) is 13.4. The van der Waals surface area contributed by atoms with Crippen LogP contribution in [0.5, 0.6) is 5.88 Å². The highest BCUT2D eigenvalue weighted by Crippen LogP contribution is 2.18. The molecule has 28 heavy (non-hydrogen) atoms. The molecular weight excluding hydrogens is 358 g/mol. The number of nitrogens with one attached hydrogen (secondary N) is 2. The molecule has 0 unspecified atom stereocenters. The largest absolute Gasteiger partial charge is 0.482 e. The van der Waals surface area contributed by atoms with Crippen molar-refractivity contribution in [1.82, 2.24) is 19.9 Å². The molecule has 2 heterocycles. The number of anilines is 1. The van der Waals surface area contributed by atoms with E-state index in [2.05, 4.69) is 27.8 Å². The first-order chi connectivity index (χ1) is 13.6. The number of pyridine rings is 1. The fourth-order valence-corrected chi connectivity index (χ4v) is 2.75. The standard InChI is InChI=1S/C20H23N5O3/c1-3-14-7-9-15(10-8-14)13-21-17(26)11-12-18(27)22-20-24-23-16-5-4-6-19(28-2)25(16)20/h4-10H,3,11-13H2,1-2H3,(H,21,26)(H,22,24,27). The van der Waals surface area contributed by atoms with E-state index in [0.29, 0.717) is 18.1 Å². The van der Waals surface area contributed by atoms with E-state index < -0.39 is 0 Å². The highest BCUT2D eigenvalue weighted by Gasteiger charge is 2.13. The van der Waals surface area contributed by atoms with Crippen LogP contribution in [0.1, 0.15) is 30.9 Å². The molecule has 2 N–H and O–H groups in total. The molecule has 0 bridgehead atoms. The molecule has 2 aromatic heterocycles. The van der Waals surface area contributed by atoms with Crippen molar-refractivity contribution in [2.75, 3.05) is 12.4 Å². The highest BCUT2D eigenvalue weighted by molar-refractivity contribution is 5.92. The Morgan fingerprint density at radius 3 is 2.43 bits per heavy atom. The molecule has 2 amide bonds. The molecule has 0 saturated heterocycles. The Balaban J connectivity index is 1.49. The summed E-state index contributed by atoms with van der Waals surface area (Å²) in [6.45, 7) is 2.54. The lowest BCUT2D eigenvalue weighted by Crippen LogP contribution is -2.24. The van der Waals surface area contributed by atoms with Gasteiger partial charge in [-0.05, 0) is 29.7 Å². The molecule has 0 fully saturated rings. The zero-order valence-electron chi connectivity index (χ0n) is 15.9. The van der Waals surface area contributed by atoms with Crippen molar-refractivity contribution in [1.29, 1.82) is 0 Å². The van der Waals surface area contributed by atoms with Crippen LogP contribution >= 0.6 is 0 Å². The minimum absolute atomic E-state index is 0.0463. The topological polar surface area (TPSA) is 97.6 Å². The molecule has 8 nitrogen and oxygen atoms in total. The Morgan fingerprint density at radius 1 is 1.00 bits per heavy atom. The Labute approximate surface area is 162 Å². The van der Waals surface area contributed by atoms with Crippen molar-refractivity contribution in [2.24, 2.45) is 0 Å². The number of hydrogen-bond acceptors (Lipinski definition) is 5. The van der Waals surface area contributed by atoms with Crippen LogP contribution in [0.25, 0.3) is 5.65 Å². The summed E-state index contributed by atoms with van der Waals surface area (Å²) in [6, 6.07) is 13.4. The monoisotopic (exact) mass is 381 g/mol. The number of amides is 2. The number of ether oxygens (including phenoxy) is 1. The van der Waals surface area contributed by atoms with Gasteiger partial charge in [-0.2, -0.15) is 0 Å². The van der Waals surface area contributed by atoms with Gasteiger partial charge in [0, 0.05) is 19.4 Å². The van der Waals surface area contributed by atoms with Crippen LogP contribution in [0, 0.1) is 0 Å². The molecule has 146 valence electrons. The number of fused-ring (bicyclic) bond motifs is 1. The second kappa shape index (κ2) is 8.98. The maximum absolute atomic E-state index is 12.2. The molecule has 1 aromatic carbocycles. The predicted molar refractivity (Wildman–Crippen MR) is 105 cm³/mol. The number of hydrogen-bond donors (Lipinski definition) is 2. The summed E-state index contributed by atoms with van der Waals surface area (Å²) in [4.78, 5) is 24.2. The summed E-state index contributed by atoms with van der Waals surface area (Å²) >= 11 is 0. The van der Waals surface area contributed by atoms with Crippen molar-refractivity contribution in [2.45, 2.75) is 32.7 Å². The molecule has 3 aromatic rings. The average Bonchev–Trinajstić information content (AvgIpc) is 3.14. The van der Waals surface area contributed by atoms with E-state index >= 15 is 0 Å². The number of aromatic nitrogens is 3. The van der Waals surface area contributed by atoms with Crippen molar-refractivity contribution in [3.8, 4) is 5.88 Å². The lowest BCUT2D eigenvalue weighted by Gasteiger charge is -2.08. The van der Waals surface area contributed by atoms with Gasteiger partial charge in [0.05, 0.1) is 7.11 Å². The van der Waals surface area contributed by atoms with E-state index in [-0.39, 0.29) is 30.6 Å². The van der Waals surface area contributed by atoms with Crippen molar-refractivity contribution in [3.05, 3.63) is 53.6 Å². The number of rotatable bonds is 8. The Bertz CT molecular complexity index is 966. The van der Waals surface area contributed by atoms with Gasteiger partial charge in [0.1, 0.15) is 0 Å².